The van der Waals surface area contributed by atoms with Gasteiger partial charge in [0.25, 0.3) is 0 Å². The van der Waals surface area contributed by atoms with Crippen molar-refractivity contribution in [2.45, 2.75) is 51.1 Å². The minimum atomic E-state index is 0.500. The van der Waals surface area contributed by atoms with E-state index in [2.05, 4.69) is 49.1 Å². The molecule has 3 rings (SSSR count). The van der Waals surface area contributed by atoms with Crippen molar-refractivity contribution in [3.8, 4) is 0 Å². The van der Waals surface area contributed by atoms with Gasteiger partial charge in [-0.2, -0.15) is 0 Å². The van der Waals surface area contributed by atoms with E-state index in [4.69, 9.17) is 4.74 Å². The van der Waals surface area contributed by atoms with Crippen LogP contribution < -0.4 is 0 Å². The third-order valence-corrected chi connectivity index (χ3v) is 3.97. The van der Waals surface area contributed by atoms with Gasteiger partial charge in [0.2, 0.25) is 0 Å². The van der Waals surface area contributed by atoms with Crippen molar-refractivity contribution in [1.82, 2.24) is 4.90 Å². The molecular formula is C14H19NO. The molecule has 2 fully saturated rings. The van der Waals surface area contributed by atoms with Crippen molar-refractivity contribution in [3.63, 3.8) is 0 Å². The van der Waals surface area contributed by atoms with Gasteiger partial charge >= 0.3 is 0 Å². The standard InChI is InChI=1S/C14H19NO/c1-10-8-13-14(16-13)11(2)15(10)9-12-6-4-3-5-7-12/h3-7,10-11,13-14H,8-9H2,1-2H3/t10-,11-,13+,14-/m1/s1. The summed E-state index contributed by atoms with van der Waals surface area (Å²) < 4.78 is 5.69. The van der Waals surface area contributed by atoms with Crippen LogP contribution in [0.2, 0.25) is 0 Å². The minimum absolute atomic E-state index is 0.500. The third-order valence-electron chi connectivity index (χ3n) is 3.97. The van der Waals surface area contributed by atoms with Crippen molar-refractivity contribution in [2.75, 3.05) is 0 Å². The molecule has 0 aliphatic carbocycles. The zero-order valence-electron chi connectivity index (χ0n) is 9.97. The van der Waals surface area contributed by atoms with Crippen molar-refractivity contribution in [3.05, 3.63) is 35.9 Å². The molecule has 2 aliphatic heterocycles. The predicted octanol–water partition coefficient (Wildman–Crippen LogP) is 2.44. The third kappa shape index (κ3) is 1.76. The van der Waals surface area contributed by atoms with Crippen LogP contribution in [-0.4, -0.2) is 29.2 Å². The molecule has 86 valence electrons. The molecule has 0 spiro atoms. The zero-order chi connectivity index (χ0) is 11.1. The maximum atomic E-state index is 5.69. The van der Waals surface area contributed by atoms with Gasteiger partial charge in [-0.15, -0.1) is 0 Å². The normalized spacial score (nSPS) is 38.1. The van der Waals surface area contributed by atoms with E-state index >= 15 is 0 Å². The lowest BCUT2D eigenvalue weighted by Gasteiger charge is -2.36. The molecule has 2 aliphatic rings. The number of ether oxygens (including phenoxy) is 1. The van der Waals surface area contributed by atoms with Crippen molar-refractivity contribution in [2.24, 2.45) is 0 Å². The Hall–Kier alpha value is -0.860. The number of benzene rings is 1. The highest BCUT2D eigenvalue weighted by Crippen LogP contribution is 2.39. The summed E-state index contributed by atoms with van der Waals surface area (Å²) in [6.07, 6.45) is 2.25. The number of hydrogen-bond donors (Lipinski definition) is 0. The van der Waals surface area contributed by atoms with Crippen LogP contribution >= 0.6 is 0 Å². The van der Waals surface area contributed by atoms with E-state index in [9.17, 15) is 0 Å². The number of hydrogen-bond acceptors (Lipinski definition) is 2. The van der Waals surface area contributed by atoms with Gasteiger partial charge in [-0.25, -0.2) is 0 Å². The van der Waals surface area contributed by atoms with E-state index in [1.54, 1.807) is 0 Å². The first-order valence-electron chi connectivity index (χ1n) is 6.21. The number of nitrogens with zero attached hydrogens (tertiary/aromatic N) is 1. The molecule has 0 saturated carbocycles. The smallest absolute Gasteiger partial charge is 0.0994 e. The highest BCUT2D eigenvalue weighted by Gasteiger charge is 2.50. The summed E-state index contributed by atoms with van der Waals surface area (Å²) in [7, 11) is 0. The molecule has 4 atom stereocenters. The lowest BCUT2D eigenvalue weighted by Crippen LogP contribution is -2.47. The molecule has 0 N–H and O–H groups in total. The Morgan fingerprint density at radius 1 is 1.25 bits per heavy atom. The van der Waals surface area contributed by atoms with Gasteiger partial charge in [0.05, 0.1) is 12.2 Å². The Morgan fingerprint density at radius 2 is 2.00 bits per heavy atom. The molecule has 16 heavy (non-hydrogen) atoms. The number of likely N-dealkylation sites (tertiary alicyclic amines) is 1. The van der Waals surface area contributed by atoms with Crippen LogP contribution in [0.4, 0.5) is 0 Å². The lowest BCUT2D eigenvalue weighted by atomic mass is 9.97. The van der Waals surface area contributed by atoms with Crippen LogP contribution in [0.1, 0.15) is 25.8 Å². The van der Waals surface area contributed by atoms with E-state index in [-0.39, 0.29) is 0 Å². The molecule has 0 amide bonds. The van der Waals surface area contributed by atoms with Gasteiger partial charge in [0, 0.05) is 18.6 Å². The molecule has 0 unspecified atom stereocenters. The fourth-order valence-corrected chi connectivity index (χ4v) is 2.93. The molecule has 2 saturated heterocycles. The van der Waals surface area contributed by atoms with Crippen LogP contribution in [0.3, 0.4) is 0 Å². The maximum Gasteiger partial charge on any atom is 0.0994 e. The Bertz CT molecular complexity index is 364. The lowest BCUT2D eigenvalue weighted by molar-refractivity contribution is 0.110. The molecule has 2 heterocycles. The Labute approximate surface area is 97.2 Å². The molecule has 0 aromatic heterocycles. The monoisotopic (exact) mass is 217 g/mol. The van der Waals surface area contributed by atoms with Gasteiger partial charge in [-0.1, -0.05) is 30.3 Å². The molecule has 1 aromatic carbocycles. The van der Waals surface area contributed by atoms with E-state index in [1.807, 2.05) is 0 Å². The molecule has 0 bridgehead atoms. The van der Waals surface area contributed by atoms with Crippen LogP contribution in [0.15, 0.2) is 30.3 Å². The van der Waals surface area contributed by atoms with Crippen molar-refractivity contribution >= 4 is 0 Å². The topological polar surface area (TPSA) is 15.8 Å². The fraction of sp³-hybridized carbons (Fsp3) is 0.571. The largest absolute Gasteiger partial charge is 0.368 e. The Kier molecular flexibility index (Phi) is 2.49. The number of piperidine rings is 1. The summed E-state index contributed by atoms with van der Waals surface area (Å²) in [6, 6.07) is 11.9. The van der Waals surface area contributed by atoms with Gasteiger partial charge in [0.1, 0.15) is 0 Å². The Morgan fingerprint density at radius 3 is 2.75 bits per heavy atom. The van der Waals surface area contributed by atoms with Gasteiger partial charge in [-0.3, -0.25) is 4.90 Å². The summed E-state index contributed by atoms with van der Waals surface area (Å²) in [4.78, 5) is 2.57. The van der Waals surface area contributed by atoms with Crippen LogP contribution in [-0.2, 0) is 11.3 Å². The molecule has 0 radical (unpaired) electrons. The summed E-state index contributed by atoms with van der Waals surface area (Å²) in [5.41, 5.74) is 1.40. The summed E-state index contributed by atoms with van der Waals surface area (Å²) in [5.74, 6) is 0. The molecule has 2 heteroatoms. The maximum absolute atomic E-state index is 5.69. The van der Waals surface area contributed by atoms with Crippen molar-refractivity contribution < 1.29 is 4.74 Å². The number of rotatable bonds is 2. The second-order valence-electron chi connectivity index (χ2n) is 5.12. The second kappa shape index (κ2) is 3.86. The zero-order valence-corrected chi connectivity index (χ0v) is 9.97. The molecule has 2 nitrogen and oxygen atoms in total. The van der Waals surface area contributed by atoms with E-state index in [1.165, 1.54) is 12.0 Å². The van der Waals surface area contributed by atoms with Crippen LogP contribution in [0.25, 0.3) is 0 Å². The SMILES string of the molecule is C[C@@H]1C[C@@H]2O[C@@H]2[C@@H](C)N1Cc1ccccc1. The van der Waals surface area contributed by atoms with Gasteiger partial charge in [-0.05, 0) is 25.8 Å². The second-order valence-corrected chi connectivity index (χ2v) is 5.12. The average Bonchev–Trinajstić information content (AvgIpc) is 3.05. The summed E-state index contributed by atoms with van der Waals surface area (Å²) >= 11 is 0. The first-order chi connectivity index (χ1) is 7.75. The highest BCUT2D eigenvalue weighted by atomic mass is 16.6. The Balaban J connectivity index is 1.73. The molecule has 1 aromatic rings. The van der Waals surface area contributed by atoms with E-state index in [0.717, 1.165) is 6.54 Å². The van der Waals surface area contributed by atoms with E-state index in [0.29, 0.717) is 24.3 Å². The predicted molar refractivity (Wildman–Crippen MR) is 64.2 cm³/mol. The first kappa shape index (κ1) is 10.3. The fourth-order valence-electron chi connectivity index (χ4n) is 2.93. The van der Waals surface area contributed by atoms with Crippen LogP contribution in [0.5, 0.6) is 0 Å². The average molecular weight is 217 g/mol. The number of epoxide rings is 1. The van der Waals surface area contributed by atoms with E-state index < -0.39 is 0 Å². The summed E-state index contributed by atoms with van der Waals surface area (Å²) in [6.45, 7) is 5.66. The van der Waals surface area contributed by atoms with Crippen LogP contribution in [0, 0.1) is 0 Å². The summed E-state index contributed by atoms with van der Waals surface area (Å²) in [5, 5.41) is 0. The van der Waals surface area contributed by atoms with Gasteiger partial charge < -0.3 is 4.74 Å². The van der Waals surface area contributed by atoms with Gasteiger partial charge in [0.15, 0.2) is 0 Å². The minimum Gasteiger partial charge on any atom is -0.368 e. The first-order valence-corrected chi connectivity index (χ1v) is 6.21. The van der Waals surface area contributed by atoms with Crippen molar-refractivity contribution in [1.29, 1.82) is 0 Å². The highest BCUT2D eigenvalue weighted by molar-refractivity contribution is 5.15. The quantitative estimate of drug-likeness (QED) is 0.707. The molecular weight excluding hydrogens is 198 g/mol. The number of fused-ring (bicyclic) bond motifs is 1.